The topological polar surface area (TPSA) is 102 Å². The number of nitrogens with two attached hydrogens (primary N) is 1. The molecule has 9 heteroatoms. The average Bonchev–Trinajstić information content (AvgIpc) is 2.86. The Kier molecular flexibility index (Phi) is 4.82. The van der Waals surface area contributed by atoms with E-state index >= 15 is 0 Å². The highest BCUT2D eigenvalue weighted by atomic mass is 35.5. The summed E-state index contributed by atoms with van der Waals surface area (Å²) in [4.78, 5) is 16.2. The van der Waals surface area contributed by atoms with E-state index in [0.29, 0.717) is 16.2 Å². The molecule has 1 atom stereocenters. The van der Waals surface area contributed by atoms with Gasteiger partial charge >= 0.3 is 0 Å². The van der Waals surface area contributed by atoms with Gasteiger partial charge in [-0.05, 0) is 18.6 Å². The molecule has 0 aliphatic carbocycles. The Morgan fingerprint density at radius 1 is 1.52 bits per heavy atom. The highest BCUT2D eigenvalue weighted by Gasteiger charge is 2.19. The summed E-state index contributed by atoms with van der Waals surface area (Å²) in [6.45, 7) is 0. The number of sulfone groups is 1. The molecule has 0 spiro atoms. The molecule has 1 unspecified atom stereocenters. The smallest absolute Gasteiger partial charge is 0.241 e. The Labute approximate surface area is 131 Å². The number of hydrogen-bond acceptors (Lipinski definition) is 6. The van der Waals surface area contributed by atoms with Crippen molar-refractivity contribution in [2.24, 2.45) is 5.73 Å². The van der Waals surface area contributed by atoms with Crippen LogP contribution in [0.25, 0.3) is 10.2 Å². The van der Waals surface area contributed by atoms with E-state index in [-0.39, 0.29) is 12.2 Å². The van der Waals surface area contributed by atoms with Crippen LogP contribution in [0, 0.1) is 0 Å². The van der Waals surface area contributed by atoms with Crippen LogP contribution in [-0.4, -0.2) is 37.4 Å². The number of anilines is 1. The van der Waals surface area contributed by atoms with E-state index < -0.39 is 21.8 Å². The van der Waals surface area contributed by atoms with Crippen molar-refractivity contribution in [1.29, 1.82) is 0 Å². The first-order valence-electron chi connectivity index (χ1n) is 6.04. The highest BCUT2D eigenvalue weighted by molar-refractivity contribution is 7.90. The maximum atomic E-state index is 12.0. The van der Waals surface area contributed by atoms with Crippen molar-refractivity contribution in [1.82, 2.24) is 4.98 Å². The molecule has 2 aromatic rings. The van der Waals surface area contributed by atoms with E-state index in [0.717, 1.165) is 11.0 Å². The molecule has 0 aliphatic rings. The van der Waals surface area contributed by atoms with Crippen LogP contribution in [0.4, 0.5) is 5.69 Å². The van der Waals surface area contributed by atoms with E-state index in [4.69, 9.17) is 17.3 Å². The fourth-order valence-corrected chi connectivity index (χ4v) is 3.28. The van der Waals surface area contributed by atoms with Crippen molar-refractivity contribution in [2.45, 2.75) is 12.5 Å². The zero-order chi connectivity index (χ0) is 15.6. The van der Waals surface area contributed by atoms with E-state index in [1.54, 1.807) is 11.6 Å². The third kappa shape index (κ3) is 4.13. The minimum absolute atomic E-state index is 0.0509. The second kappa shape index (κ2) is 6.27. The van der Waals surface area contributed by atoms with Gasteiger partial charge in [-0.2, -0.15) is 0 Å². The number of thiazole rings is 1. The van der Waals surface area contributed by atoms with Gasteiger partial charge in [0.1, 0.15) is 15.4 Å². The SMILES string of the molecule is CS(=O)(=O)CCC(N)C(=O)Nc1c(Cl)ccc2scnc12. The number of halogens is 1. The van der Waals surface area contributed by atoms with Crippen molar-refractivity contribution in [2.75, 3.05) is 17.3 Å². The average molecular weight is 348 g/mol. The van der Waals surface area contributed by atoms with Gasteiger partial charge in [0.2, 0.25) is 5.91 Å². The quantitative estimate of drug-likeness (QED) is 0.856. The Bertz CT molecular complexity index is 773. The minimum atomic E-state index is -3.16. The normalized spacial score (nSPS) is 13.3. The molecule has 0 aliphatic heterocycles. The Balaban J connectivity index is 2.14. The molecule has 6 nitrogen and oxygen atoms in total. The summed E-state index contributed by atoms with van der Waals surface area (Å²) >= 11 is 7.50. The molecule has 21 heavy (non-hydrogen) atoms. The largest absolute Gasteiger partial charge is 0.322 e. The van der Waals surface area contributed by atoms with Crippen molar-refractivity contribution >= 4 is 54.6 Å². The number of carbonyl (C=O) groups is 1. The number of fused-ring (bicyclic) bond motifs is 1. The molecule has 3 N–H and O–H groups in total. The first-order chi connectivity index (χ1) is 9.78. The fraction of sp³-hybridized carbons (Fsp3) is 0.333. The predicted octanol–water partition coefficient (Wildman–Crippen LogP) is 1.65. The number of rotatable bonds is 5. The molecule has 2 rings (SSSR count). The van der Waals surface area contributed by atoms with Crippen LogP contribution in [0.2, 0.25) is 5.02 Å². The first-order valence-corrected chi connectivity index (χ1v) is 9.35. The summed E-state index contributed by atoms with van der Waals surface area (Å²) in [6, 6.07) is 2.55. The van der Waals surface area contributed by atoms with Gasteiger partial charge in [0, 0.05) is 6.26 Å². The predicted molar refractivity (Wildman–Crippen MR) is 85.6 cm³/mol. The van der Waals surface area contributed by atoms with Crippen LogP contribution in [0.1, 0.15) is 6.42 Å². The van der Waals surface area contributed by atoms with E-state index in [2.05, 4.69) is 10.3 Å². The van der Waals surface area contributed by atoms with Gasteiger partial charge in [0.25, 0.3) is 0 Å². The highest BCUT2D eigenvalue weighted by Crippen LogP contribution is 2.32. The van der Waals surface area contributed by atoms with Crippen LogP contribution >= 0.6 is 22.9 Å². The van der Waals surface area contributed by atoms with E-state index in [1.807, 2.05) is 6.07 Å². The summed E-state index contributed by atoms with van der Waals surface area (Å²) in [7, 11) is -3.16. The summed E-state index contributed by atoms with van der Waals surface area (Å²) in [6.07, 6.45) is 1.15. The molecule has 1 aromatic carbocycles. The number of nitrogens with zero attached hydrogens (tertiary/aromatic N) is 1. The zero-order valence-electron chi connectivity index (χ0n) is 11.2. The van der Waals surface area contributed by atoms with Crippen LogP contribution < -0.4 is 11.1 Å². The molecule has 1 heterocycles. The summed E-state index contributed by atoms with van der Waals surface area (Å²) in [5.74, 6) is -0.628. The second-order valence-electron chi connectivity index (χ2n) is 4.64. The van der Waals surface area contributed by atoms with Crippen molar-refractivity contribution < 1.29 is 13.2 Å². The van der Waals surface area contributed by atoms with Gasteiger partial charge < -0.3 is 11.1 Å². The maximum Gasteiger partial charge on any atom is 0.241 e. The molecule has 0 saturated carbocycles. The second-order valence-corrected chi connectivity index (χ2v) is 8.19. The van der Waals surface area contributed by atoms with E-state index in [1.165, 1.54) is 11.3 Å². The number of nitrogens with one attached hydrogen (secondary N) is 1. The third-order valence-corrected chi connectivity index (χ3v) is 4.92. The maximum absolute atomic E-state index is 12.0. The van der Waals surface area contributed by atoms with Gasteiger partial charge in [0.05, 0.1) is 32.7 Å². The van der Waals surface area contributed by atoms with Gasteiger partial charge in [0.15, 0.2) is 0 Å². The standard InChI is InChI=1S/C12H14ClN3O3S2/c1-21(18,19)5-4-8(14)12(17)16-10-7(13)2-3-9-11(10)15-6-20-9/h2-3,6,8H,4-5,14H2,1H3,(H,16,17). The Morgan fingerprint density at radius 3 is 2.90 bits per heavy atom. The molecule has 114 valence electrons. The number of aromatic nitrogens is 1. The summed E-state index contributed by atoms with van der Waals surface area (Å²) in [5.41, 5.74) is 8.35. The summed E-state index contributed by atoms with van der Waals surface area (Å²) < 4.78 is 23.1. The zero-order valence-corrected chi connectivity index (χ0v) is 13.6. The lowest BCUT2D eigenvalue weighted by Crippen LogP contribution is -2.37. The molecule has 1 aromatic heterocycles. The first kappa shape index (κ1) is 16.2. The number of benzene rings is 1. The fourth-order valence-electron chi connectivity index (χ4n) is 1.71. The van der Waals surface area contributed by atoms with Gasteiger partial charge in [-0.25, -0.2) is 13.4 Å². The van der Waals surface area contributed by atoms with Crippen LogP contribution in [0.15, 0.2) is 17.6 Å². The van der Waals surface area contributed by atoms with Crippen molar-refractivity contribution in [3.05, 3.63) is 22.7 Å². The lowest BCUT2D eigenvalue weighted by molar-refractivity contribution is -0.117. The van der Waals surface area contributed by atoms with Gasteiger partial charge in [-0.15, -0.1) is 11.3 Å². The van der Waals surface area contributed by atoms with Crippen molar-refractivity contribution in [3.63, 3.8) is 0 Å². The lowest BCUT2D eigenvalue weighted by Gasteiger charge is -2.13. The van der Waals surface area contributed by atoms with Crippen LogP contribution in [-0.2, 0) is 14.6 Å². The van der Waals surface area contributed by atoms with Gasteiger partial charge in [-0.1, -0.05) is 11.6 Å². The number of hydrogen-bond donors (Lipinski definition) is 2. The number of carbonyl (C=O) groups excluding carboxylic acids is 1. The molecule has 1 amide bonds. The Hall–Kier alpha value is -1.22. The molecule has 0 radical (unpaired) electrons. The van der Waals surface area contributed by atoms with Crippen LogP contribution in [0.5, 0.6) is 0 Å². The van der Waals surface area contributed by atoms with E-state index in [9.17, 15) is 13.2 Å². The molecule has 0 saturated heterocycles. The van der Waals surface area contributed by atoms with Crippen LogP contribution in [0.3, 0.4) is 0 Å². The molecule has 0 bridgehead atoms. The minimum Gasteiger partial charge on any atom is -0.322 e. The monoisotopic (exact) mass is 347 g/mol. The van der Waals surface area contributed by atoms with Gasteiger partial charge in [-0.3, -0.25) is 4.79 Å². The summed E-state index contributed by atoms with van der Waals surface area (Å²) in [5, 5.41) is 2.99. The van der Waals surface area contributed by atoms with Crippen molar-refractivity contribution in [3.8, 4) is 0 Å². The molecular weight excluding hydrogens is 334 g/mol. The molecular formula is C12H14ClN3O3S2. The third-order valence-electron chi connectivity index (χ3n) is 2.84. The number of amides is 1. The lowest BCUT2D eigenvalue weighted by atomic mass is 10.2. The Morgan fingerprint density at radius 2 is 2.24 bits per heavy atom. The molecule has 0 fully saturated rings.